The maximum Gasteiger partial charge on any atom is 0.311 e. The number of hydrogen-bond donors (Lipinski definition) is 2. The SMILES string of the molecule is CC[C@@]1(C(=O)O)C[C@@H]2CC[C@H]1N2C(=O)c1cc2cc(F)ccc2[nH]1. The number of aliphatic carboxylic acids is 1. The first kappa shape index (κ1) is 15.2. The number of nitrogens with zero attached hydrogens (tertiary/aromatic N) is 1. The highest BCUT2D eigenvalue weighted by Gasteiger charge is 2.60. The van der Waals surface area contributed by atoms with E-state index in [0.717, 1.165) is 12.8 Å². The molecule has 5 nitrogen and oxygen atoms in total. The molecule has 0 saturated carbocycles. The van der Waals surface area contributed by atoms with E-state index in [1.165, 1.54) is 12.1 Å². The number of carbonyl (C=O) groups is 2. The molecule has 24 heavy (non-hydrogen) atoms. The van der Waals surface area contributed by atoms with Crippen LogP contribution in [0.5, 0.6) is 0 Å². The summed E-state index contributed by atoms with van der Waals surface area (Å²) < 4.78 is 13.3. The van der Waals surface area contributed by atoms with Gasteiger partial charge in [0.25, 0.3) is 5.91 Å². The van der Waals surface area contributed by atoms with Crippen molar-refractivity contribution < 1.29 is 19.1 Å². The standard InChI is InChI=1S/C18H19FN2O3/c1-2-18(17(23)24)9-12-4-6-15(18)21(12)16(22)14-8-10-7-11(19)3-5-13(10)20-14/h3,5,7-8,12,15,20H,2,4,6,9H2,1H3,(H,23,24)/t12-,15+,18+/m0/s1. The van der Waals surface area contributed by atoms with Crippen LogP contribution in [-0.4, -0.2) is 39.0 Å². The molecule has 2 saturated heterocycles. The molecular weight excluding hydrogens is 311 g/mol. The van der Waals surface area contributed by atoms with Gasteiger partial charge in [-0.25, -0.2) is 4.39 Å². The van der Waals surface area contributed by atoms with Crippen molar-refractivity contribution >= 4 is 22.8 Å². The quantitative estimate of drug-likeness (QED) is 0.908. The number of fused-ring (bicyclic) bond motifs is 3. The predicted octanol–water partition coefficient (Wildman–Crippen LogP) is 3.16. The number of hydrogen-bond acceptors (Lipinski definition) is 2. The molecule has 2 fully saturated rings. The predicted molar refractivity (Wildman–Crippen MR) is 86.2 cm³/mol. The number of carboxylic acids is 1. The highest BCUT2D eigenvalue weighted by atomic mass is 19.1. The van der Waals surface area contributed by atoms with Crippen molar-refractivity contribution in [2.45, 2.75) is 44.7 Å². The second kappa shape index (κ2) is 5.06. The topological polar surface area (TPSA) is 73.4 Å². The minimum absolute atomic E-state index is 0.0262. The number of aromatic amines is 1. The number of nitrogens with one attached hydrogen (secondary N) is 1. The van der Waals surface area contributed by atoms with Crippen molar-refractivity contribution in [3.63, 3.8) is 0 Å². The smallest absolute Gasteiger partial charge is 0.311 e. The molecule has 2 aliphatic heterocycles. The lowest BCUT2D eigenvalue weighted by atomic mass is 9.72. The average Bonchev–Trinajstić information content (AvgIpc) is 3.24. The van der Waals surface area contributed by atoms with Gasteiger partial charge in [0, 0.05) is 23.0 Å². The third-order valence-corrected chi connectivity index (χ3v) is 5.84. The van der Waals surface area contributed by atoms with Crippen LogP contribution in [-0.2, 0) is 4.79 Å². The van der Waals surface area contributed by atoms with E-state index in [9.17, 15) is 19.1 Å². The summed E-state index contributed by atoms with van der Waals surface area (Å²) in [5.74, 6) is -1.35. The molecule has 0 aliphatic carbocycles. The minimum atomic E-state index is -0.837. The Morgan fingerprint density at radius 1 is 1.38 bits per heavy atom. The molecule has 0 radical (unpaired) electrons. The van der Waals surface area contributed by atoms with Gasteiger partial charge in [0.05, 0.1) is 5.41 Å². The van der Waals surface area contributed by atoms with Gasteiger partial charge in [0.15, 0.2) is 0 Å². The second-order valence-corrected chi connectivity index (χ2v) is 6.89. The zero-order valence-electron chi connectivity index (χ0n) is 13.4. The van der Waals surface area contributed by atoms with Crippen molar-refractivity contribution in [1.29, 1.82) is 0 Å². The molecule has 1 amide bonds. The molecule has 0 spiro atoms. The van der Waals surface area contributed by atoms with Crippen molar-refractivity contribution in [3.05, 3.63) is 35.8 Å². The van der Waals surface area contributed by atoms with Gasteiger partial charge in [-0.1, -0.05) is 6.92 Å². The lowest BCUT2D eigenvalue weighted by Crippen LogP contribution is -2.44. The summed E-state index contributed by atoms with van der Waals surface area (Å²) in [6.07, 6.45) is 2.61. The van der Waals surface area contributed by atoms with Gasteiger partial charge in [0.1, 0.15) is 11.5 Å². The molecular formula is C18H19FN2O3. The molecule has 3 atom stereocenters. The first-order chi connectivity index (χ1) is 11.5. The van der Waals surface area contributed by atoms with Gasteiger partial charge in [-0.3, -0.25) is 9.59 Å². The maximum atomic E-state index is 13.3. The highest BCUT2D eigenvalue weighted by molar-refractivity contribution is 5.99. The Bertz CT molecular complexity index is 846. The van der Waals surface area contributed by atoms with Crippen LogP contribution in [0.2, 0.25) is 0 Å². The van der Waals surface area contributed by atoms with Gasteiger partial charge >= 0.3 is 5.97 Å². The van der Waals surface area contributed by atoms with Crippen LogP contribution in [0.3, 0.4) is 0 Å². The molecule has 2 bridgehead atoms. The lowest BCUT2D eigenvalue weighted by Gasteiger charge is -2.32. The van der Waals surface area contributed by atoms with E-state index < -0.39 is 11.4 Å². The third-order valence-electron chi connectivity index (χ3n) is 5.84. The molecule has 1 aromatic carbocycles. The van der Waals surface area contributed by atoms with Crippen LogP contribution >= 0.6 is 0 Å². The largest absolute Gasteiger partial charge is 0.481 e. The summed E-state index contributed by atoms with van der Waals surface area (Å²) in [7, 11) is 0. The van der Waals surface area contributed by atoms with Crippen molar-refractivity contribution in [2.24, 2.45) is 5.41 Å². The van der Waals surface area contributed by atoms with Gasteiger partial charge in [0.2, 0.25) is 0 Å². The average molecular weight is 330 g/mol. The number of rotatable bonds is 3. The fraction of sp³-hybridized carbons (Fsp3) is 0.444. The number of benzene rings is 1. The first-order valence-electron chi connectivity index (χ1n) is 8.30. The molecule has 3 heterocycles. The van der Waals surface area contributed by atoms with E-state index in [1.54, 1.807) is 17.0 Å². The Kier molecular flexibility index (Phi) is 3.20. The summed E-state index contributed by atoms with van der Waals surface area (Å²) in [5.41, 5.74) is 0.257. The monoisotopic (exact) mass is 330 g/mol. The van der Waals surface area contributed by atoms with Crippen LogP contribution in [0.1, 0.15) is 43.1 Å². The zero-order chi connectivity index (χ0) is 17.1. The van der Waals surface area contributed by atoms with E-state index in [1.807, 2.05) is 6.92 Å². The molecule has 6 heteroatoms. The van der Waals surface area contributed by atoms with Crippen LogP contribution in [0.15, 0.2) is 24.3 Å². The van der Waals surface area contributed by atoms with E-state index in [4.69, 9.17) is 0 Å². The number of carboxylic acid groups (broad SMARTS) is 1. The first-order valence-corrected chi connectivity index (χ1v) is 8.30. The summed E-state index contributed by atoms with van der Waals surface area (Å²) in [6.45, 7) is 1.88. The molecule has 2 aromatic rings. The van der Waals surface area contributed by atoms with Crippen molar-refractivity contribution in [1.82, 2.24) is 9.88 Å². The molecule has 1 aromatic heterocycles. The van der Waals surface area contributed by atoms with E-state index in [2.05, 4.69) is 4.98 Å². The summed E-state index contributed by atoms with van der Waals surface area (Å²) in [5, 5.41) is 10.4. The molecule has 4 rings (SSSR count). The van der Waals surface area contributed by atoms with Crippen LogP contribution in [0.4, 0.5) is 4.39 Å². The van der Waals surface area contributed by atoms with Crippen molar-refractivity contribution in [3.8, 4) is 0 Å². The third kappa shape index (κ3) is 1.92. The van der Waals surface area contributed by atoms with Gasteiger partial charge < -0.3 is 15.0 Å². The van der Waals surface area contributed by atoms with Crippen molar-refractivity contribution in [2.75, 3.05) is 0 Å². The molecule has 2 N–H and O–H groups in total. The highest BCUT2D eigenvalue weighted by Crippen LogP contribution is 2.52. The number of H-pyrrole nitrogens is 1. The maximum absolute atomic E-state index is 13.3. The van der Waals surface area contributed by atoms with Crippen LogP contribution in [0, 0.1) is 11.2 Å². The Morgan fingerprint density at radius 2 is 2.17 bits per heavy atom. The normalized spacial score (nSPS) is 28.7. The number of halogens is 1. The fourth-order valence-electron chi connectivity index (χ4n) is 4.61. The Labute approximate surface area is 138 Å². The Hall–Kier alpha value is -2.37. The summed E-state index contributed by atoms with van der Waals surface area (Å²) >= 11 is 0. The summed E-state index contributed by atoms with van der Waals surface area (Å²) in [6, 6.07) is 5.69. The fourth-order valence-corrected chi connectivity index (χ4v) is 4.61. The lowest BCUT2D eigenvalue weighted by molar-refractivity contribution is -0.151. The zero-order valence-corrected chi connectivity index (χ0v) is 13.4. The number of aromatic nitrogens is 1. The molecule has 126 valence electrons. The number of amides is 1. The van der Waals surface area contributed by atoms with E-state index >= 15 is 0 Å². The Balaban J connectivity index is 1.70. The molecule has 0 unspecified atom stereocenters. The molecule has 2 aliphatic rings. The van der Waals surface area contributed by atoms with Gasteiger partial charge in [-0.15, -0.1) is 0 Å². The summed E-state index contributed by atoms with van der Waals surface area (Å²) in [4.78, 5) is 29.6. The number of carbonyl (C=O) groups excluding carboxylic acids is 1. The minimum Gasteiger partial charge on any atom is -0.481 e. The van der Waals surface area contributed by atoms with E-state index in [0.29, 0.717) is 29.4 Å². The van der Waals surface area contributed by atoms with Crippen LogP contribution < -0.4 is 0 Å². The van der Waals surface area contributed by atoms with E-state index in [-0.39, 0.29) is 23.8 Å². The van der Waals surface area contributed by atoms with Gasteiger partial charge in [-0.05, 0) is 49.9 Å². The van der Waals surface area contributed by atoms with Crippen LogP contribution in [0.25, 0.3) is 10.9 Å². The second-order valence-electron chi connectivity index (χ2n) is 6.89. The Morgan fingerprint density at radius 3 is 2.83 bits per heavy atom. The van der Waals surface area contributed by atoms with Gasteiger partial charge in [-0.2, -0.15) is 0 Å².